The molecule has 1 saturated heterocycles. The molecule has 1 amide bonds. The largest absolute Gasteiger partial charge is 0.396 e. The maximum absolute atomic E-state index is 13.4. The van der Waals surface area contributed by atoms with Crippen LogP contribution in [0.1, 0.15) is 75.0 Å². The van der Waals surface area contributed by atoms with Crippen LogP contribution in [0.15, 0.2) is 24.3 Å². The van der Waals surface area contributed by atoms with E-state index in [9.17, 15) is 9.90 Å². The van der Waals surface area contributed by atoms with Crippen LogP contribution in [-0.4, -0.2) is 53.6 Å². The van der Waals surface area contributed by atoms with Gasteiger partial charge in [0, 0.05) is 32.7 Å². The predicted molar refractivity (Wildman–Crippen MR) is 117 cm³/mol. The highest BCUT2D eigenvalue weighted by Crippen LogP contribution is 2.42. The molecule has 2 fully saturated rings. The third kappa shape index (κ3) is 5.03. The van der Waals surface area contributed by atoms with Crippen LogP contribution in [0.5, 0.6) is 0 Å². The maximum atomic E-state index is 13.4. The summed E-state index contributed by atoms with van der Waals surface area (Å²) in [5.41, 5.74) is 2.87. The third-order valence-corrected chi connectivity index (χ3v) is 7.53. The van der Waals surface area contributed by atoms with Gasteiger partial charge in [-0.2, -0.15) is 0 Å². The summed E-state index contributed by atoms with van der Waals surface area (Å²) in [5.74, 6) is 1.57. The number of aliphatic hydroxyl groups excluding tert-OH is 1. The molecule has 4 nitrogen and oxygen atoms in total. The molecule has 1 aromatic rings. The Morgan fingerprint density at radius 2 is 1.86 bits per heavy atom. The minimum absolute atomic E-state index is 0.285. The van der Waals surface area contributed by atoms with E-state index in [0.717, 1.165) is 39.0 Å². The van der Waals surface area contributed by atoms with Crippen LogP contribution in [0, 0.1) is 11.8 Å². The molecule has 160 valence electrons. The van der Waals surface area contributed by atoms with Crippen molar-refractivity contribution >= 4 is 5.91 Å². The number of piperidine rings is 1. The molecule has 1 N–H and O–H groups in total. The smallest absolute Gasteiger partial charge is 0.224 e. The summed E-state index contributed by atoms with van der Waals surface area (Å²) in [5, 5.41) is 9.25. The summed E-state index contributed by atoms with van der Waals surface area (Å²) in [7, 11) is 0. The van der Waals surface area contributed by atoms with Gasteiger partial charge in [-0.15, -0.1) is 0 Å². The molecule has 3 aliphatic rings. The van der Waals surface area contributed by atoms with Gasteiger partial charge in [-0.25, -0.2) is 0 Å². The minimum Gasteiger partial charge on any atom is -0.396 e. The number of nitrogens with zero attached hydrogens (tertiary/aromatic N) is 2. The van der Waals surface area contributed by atoms with E-state index in [2.05, 4.69) is 34.1 Å². The van der Waals surface area contributed by atoms with Crippen molar-refractivity contribution in [2.45, 2.75) is 70.3 Å². The van der Waals surface area contributed by atoms with Crippen molar-refractivity contribution in [1.29, 1.82) is 0 Å². The molecule has 2 aliphatic heterocycles. The van der Waals surface area contributed by atoms with Crippen molar-refractivity contribution in [3.63, 3.8) is 0 Å². The van der Waals surface area contributed by atoms with Crippen molar-refractivity contribution in [2.75, 3.05) is 32.8 Å². The highest BCUT2D eigenvalue weighted by molar-refractivity contribution is 5.77. The van der Waals surface area contributed by atoms with E-state index < -0.39 is 0 Å². The van der Waals surface area contributed by atoms with Crippen molar-refractivity contribution in [3.05, 3.63) is 35.4 Å². The number of hydrogen-bond donors (Lipinski definition) is 1. The number of aliphatic hydroxyl groups is 1. The average Bonchev–Trinajstić information content (AvgIpc) is 2.78. The monoisotopic (exact) mass is 398 g/mol. The van der Waals surface area contributed by atoms with Gasteiger partial charge in [0.05, 0.1) is 6.04 Å². The number of fused-ring (bicyclic) bond motifs is 1. The van der Waals surface area contributed by atoms with Crippen LogP contribution in [0.4, 0.5) is 0 Å². The lowest BCUT2D eigenvalue weighted by Gasteiger charge is -2.43. The first-order chi connectivity index (χ1) is 14.3. The molecular formula is C25H38N2O2. The van der Waals surface area contributed by atoms with Crippen molar-refractivity contribution in [1.82, 2.24) is 9.80 Å². The summed E-state index contributed by atoms with van der Waals surface area (Å²) >= 11 is 0. The Morgan fingerprint density at radius 3 is 2.69 bits per heavy atom. The van der Waals surface area contributed by atoms with Crippen molar-refractivity contribution in [3.8, 4) is 0 Å². The fraction of sp³-hybridized carbons (Fsp3) is 0.720. The normalized spacial score (nSPS) is 26.3. The molecule has 29 heavy (non-hydrogen) atoms. The predicted octanol–water partition coefficient (Wildman–Crippen LogP) is 4.18. The molecule has 2 heterocycles. The summed E-state index contributed by atoms with van der Waals surface area (Å²) < 4.78 is 0. The van der Waals surface area contributed by atoms with E-state index in [-0.39, 0.29) is 12.6 Å². The van der Waals surface area contributed by atoms with E-state index in [1.165, 1.54) is 56.1 Å². The molecule has 0 spiro atoms. The maximum Gasteiger partial charge on any atom is 0.224 e. The molecule has 2 atom stereocenters. The summed E-state index contributed by atoms with van der Waals surface area (Å²) in [6.07, 6.45) is 11.4. The summed E-state index contributed by atoms with van der Waals surface area (Å²) in [4.78, 5) is 18.1. The van der Waals surface area contributed by atoms with E-state index in [0.29, 0.717) is 24.2 Å². The average molecular weight is 399 g/mol. The van der Waals surface area contributed by atoms with Gasteiger partial charge in [0.15, 0.2) is 0 Å². The highest BCUT2D eigenvalue weighted by Gasteiger charge is 2.36. The SMILES string of the molecule is O=C(CCN1CCCC(CCO)C1)N1CCc2ccccc2C1C1CCCCC1. The zero-order chi connectivity index (χ0) is 20.1. The Bertz CT molecular complexity index is 669. The van der Waals surface area contributed by atoms with Crippen LogP contribution in [0.25, 0.3) is 0 Å². The Balaban J connectivity index is 1.42. The number of benzene rings is 1. The van der Waals surface area contributed by atoms with Gasteiger partial charge in [0.25, 0.3) is 0 Å². The number of likely N-dealkylation sites (tertiary alicyclic amines) is 1. The van der Waals surface area contributed by atoms with Gasteiger partial charge in [-0.05, 0) is 68.0 Å². The fourth-order valence-electron chi connectivity index (χ4n) is 6.01. The zero-order valence-corrected chi connectivity index (χ0v) is 17.9. The quantitative estimate of drug-likeness (QED) is 0.782. The Morgan fingerprint density at radius 1 is 1.03 bits per heavy atom. The van der Waals surface area contributed by atoms with Gasteiger partial charge < -0.3 is 14.9 Å². The van der Waals surface area contributed by atoms with E-state index in [1.54, 1.807) is 0 Å². The first-order valence-corrected chi connectivity index (χ1v) is 12.0. The van der Waals surface area contributed by atoms with Crippen molar-refractivity contribution < 1.29 is 9.90 Å². The number of hydrogen-bond acceptors (Lipinski definition) is 3. The van der Waals surface area contributed by atoms with Gasteiger partial charge >= 0.3 is 0 Å². The summed E-state index contributed by atoms with van der Waals surface area (Å²) in [6, 6.07) is 9.13. The topological polar surface area (TPSA) is 43.8 Å². The molecule has 1 aliphatic carbocycles. The van der Waals surface area contributed by atoms with E-state index in [1.807, 2.05) is 0 Å². The van der Waals surface area contributed by atoms with Crippen LogP contribution in [-0.2, 0) is 11.2 Å². The molecule has 0 bridgehead atoms. The Kier molecular flexibility index (Phi) is 7.25. The number of carbonyl (C=O) groups excluding carboxylic acids is 1. The fourth-order valence-corrected chi connectivity index (χ4v) is 6.01. The first-order valence-electron chi connectivity index (χ1n) is 12.0. The number of carbonyl (C=O) groups is 1. The highest BCUT2D eigenvalue weighted by atomic mass is 16.3. The van der Waals surface area contributed by atoms with Gasteiger partial charge in [-0.1, -0.05) is 43.5 Å². The lowest BCUT2D eigenvalue weighted by atomic mass is 9.77. The lowest BCUT2D eigenvalue weighted by molar-refractivity contribution is -0.136. The van der Waals surface area contributed by atoms with E-state index in [4.69, 9.17) is 0 Å². The second-order valence-corrected chi connectivity index (χ2v) is 9.45. The van der Waals surface area contributed by atoms with Crippen LogP contribution in [0.2, 0.25) is 0 Å². The van der Waals surface area contributed by atoms with Crippen LogP contribution in [0.3, 0.4) is 0 Å². The second kappa shape index (κ2) is 10.1. The van der Waals surface area contributed by atoms with Gasteiger partial charge in [0.2, 0.25) is 5.91 Å². The molecule has 1 saturated carbocycles. The van der Waals surface area contributed by atoms with E-state index >= 15 is 0 Å². The number of rotatable bonds is 6. The molecule has 0 radical (unpaired) electrons. The molecule has 1 aromatic carbocycles. The first kappa shape index (κ1) is 20.9. The Labute approximate surface area is 176 Å². The molecular weight excluding hydrogens is 360 g/mol. The van der Waals surface area contributed by atoms with Crippen molar-refractivity contribution in [2.24, 2.45) is 11.8 Å². The second-order valence-electron chi connectivity index (χ2n) is 9.45. The Hall–Kier alpha value is -1.39. The third-order valence-electron chi connectivity index (χ3n) is 7.53. The zero-order valence-electron chi connectivity index (χ0n) is 17.9. The standard InChI is InChI=1S/C25H38N2O2/c28-18-14-20-7-6-15-26(19-20)16-13-24(29)27-17-12-21-8-4-5-11-23(21)25(27)22-9-2-1-3-10-22/h4-5,8,11,20,22,25,28H,1-3,6-7,9-10,12-19H2. The molecule has 2 unspecified atom stereocenters. The van der Waals surface area contributed by atoms with Gasteiger partial charge in [-0.3, -0.25) is 4.79 Å². The lowest BCUT2D eigenvalue weighted by Crippen LogP contribution is -2.45. The molecule has 4 rings (SSSR count). The van der Waals surface area contributed by atoms with Gasteiger partial charge in [0.1, 0.15) is 0 Å². The number of amides is 1. The minimum atomic E-state index is 0.285. The van der Waals surface area contributed by atoms with Crippen LogP contribution < -0.4 is 0 Å². The molecule has 0 aromatic heterocycles. The summed E-state index contributed by atoms with van der Waals surface area (Å²) in [6.45, 7) is 4.18. The molecule has 4 heteroatoms. The van der Waals surface area contributed by atoms with Crippen LogP contribution >= 0.6 is 0 Å².